The lowest BCUT2D eigenvalue weighted by molar-refractivity contribution is 0.0727. The Morgan fingerprint density at radius 2 is 2.42 bits per heavy atom. The number of benzene rings is 1. The number of nitrogens with zero attached hydrogens (tertiary/aromatic N) is 2. The van der Waals surface area contributed by atoms with E-state index in [1.165, 1.54) is 0 Å². The molecular weight excluding hydrogens is 260 g/mol. The molecular formula is C14H18N2O2S. The molecule has 1 N–H and O–H groups in total. The van der Waals surface area contributed by atoms with E-state index in [9.17, 15) is 10.4 Å². The predicted octanol–water partition coefficient (Wildman–Crippen LogP) is 1.87. The molecule has 2 rings (SSSR count). The summed E-state index contributed by atoms with van der Waals surface area (Å²) in [7, 11) is 0. The van der Waals surface area contributed by atoms with Gasteiger partial charge in [0.1, 0.15) is 6.07 Å². The molecule has 0 saturated carbocycles. The number of nitriles is 1. The van der Waals surface area contributed by atoms with E-state index in [1.54, 1.807) is 11.8 Å². The van der Waals surface area contributed by atoms with Crippen LogP contribution in [0.4, 0.5) is 5.69 Å². The maximum absolute atomic E-state index is 9.45. The minimum atomic E-state index is -0.0669. The van der Waals surface area contributed by atoms with E-state index in [0.717, 1.165) is 16.3 Å². The summed E-state index contributed by atoms with van der Waals surface area (Å²) in [4.78, 5) is 3.09. The summed E-state index contributed by atoms with van der Waals surface area (Å²) in [6, 6.07) is 8.14. The first-order valence-electron chi connectivity index (χ1n) is 6.43. The van der Waals surface area contributed by atoms with Crippen LogP contribution in [0.1, 0.15) is 12.5 Å². The minimum Gasteiger partial charge on any atom is -0.394 e. The van der Waals surface area contributed by atoms with Crippen molar-refractivity contribution in [3.05, 3.63) is 23.8 Å². The van der Waals surface area contributed by atoms with Crippen molar-refractivity contribution in [2.45, 2.75) is 17.9 Å². The molecule has 0 aromatic heterocycles. The topological polar surface area (TPSA) is 56.5 Å². The lowest BCUT2D eigenvalue weighted by Gasteiger charge is -2.37. The van der Waals surface area contributed by atoms with Crippen LogP contribution in [0.5, 0.6) is 0 Å². The molecule has 1 aliphatic heterocycles. The first kappa shape index (κ1) is 14.2. The molecule has 1 atom stereocenters. The molecule has 4 nitrogen and oxygen atoms in total. The highest BCUT2D eigenvalue weighted by molar-refractivity contribution is 7.99. The molecule has 1 unspecified atom stereocenters. The Morgan fingerprint density at radius 1 is 1.58 bits per heavy atom. The normalized spacial score (nSPS) is 19.2. The van der Waals surface area contributed by atoms with Gasteiger partial charge in [0.2, 0.25) is 0 Å². The first-order valence-corrected chi connectivity index (χ1v) is 7.41. The summed E-state index contributed by atoms with van der Waals surface area (Å²) in [5, 5.41) is 18.9. The molecule has 1 heterocycles. The van der Waals surface area contributed by atoms with E-state index in [0.29, 0.717) is 25.3 Å². The SMILES string of the molecule is CCSc1cccc(N2CCOCC2CO)c1C#N. The van der Waals surface area contributed by atoms with Gasteiger partial charge in [-0.15, -0.1) is 11.8 Å². The van der Waals surface area contributed by atoms with Gasteiger partial charge in [0.15, 0.2) is 0 Å². The molecule has 0 bridgehead atoms. The van der Waals surface area contributed by atoms with Gasteiger partial charge in [-0.05, 0) is 17.9 Å². The van der Waals surface area contributed by atoms with Gasteiger partial charge in [-0.2, -0.15) is 5.26 Å². The van der Waals surface area contributed by atoms with Crippen LogP contribution in [0.15, 0.2) is 23.1 Å². The van der Waals surface area contributed by atoms with Crippen LogP contribution in [-0.4, -0.2) is 43.3 Å². The van der Waals surface area contributed by atoms with Crippen molar-refractivity contribution in [3.8, 4) is 6.07 Å². The van der Waals surface area contributed by atoms with Gasteiger partial charge in [-0.25, -0.2) is 0 Å². The van der Waals surface area contributed by atoms with Crippen LogP contribution in [0.3, 0.4) is 0 Å². The molecule has 1 fully saturated rings. The summed E-state index contributed by atoms with van der Waals surface area (Å²) in [5.41, 5.74) is 1.61. The average molecular weight is 278 g/mol. The third kappa shape index (κ3) is 3.03. The van der Waals surface area contributed by atoms with Crippen LogP contribution in [0, 0.1) is 11.3 Å². The Labute approximate surface area is 118 Å². The monoisotopic (exact) mass is 278 g/mol. The van der Waals surface area contributed by atoms with E-state index < -0.39 is 0 Å². The largest absolute Gasteiger partial charge is 0.394 e. The van der Waals surface area contributed by atoms with E-state index in [4.69, 9.17) is 4.74 Å². The van der Waals surface area contributed by atoms with Crippen molar-refractivity contribution in [2.75, 3.05) is 37.0 Å². The van der Waals surface area contributed by atoms with Crippen molar-refractivity contribution >= 4 is 17.4 Å². The number of aliphatic hydroxyl groups excluding tert-OH is 1. The zero-order chi connectivity index (χ0) is 13.7. The summed E-state index contributed by atoms with van der Waals surface area (Å²) in [5.74, 6) is 0.935. The Balaban J connectivity index is 2.37. The van der Waals surface area contributed by atoms with Gasteiger partial charge in [0, 0.05) is 11.4 Å². The number of aliphatic hydroxyl groups is 1. The number of hydrogen-bond donors (Lipinski definition) is 1. The molecule has 102 valence electrons. The molecule has 0 aliphatic carbocycles. The van der Waals surface area contributed by atoms with E-state index >= 15 is 0 Å². The number of anilines is 1. The standard InChI is InChI=1S/C14H18N2O2S/c1-2-19-14-5-3-4-13(12(14)8-15)16-6-7-18-10-11(16)9-17/h3-5,11,17H,2,6-7,9-10H2,1H3. The van der Waals surface area contributed by atoms with Crippen molar-refractivity contribution in [2.24, 2.45) is 0 Å². The molecule has 1 saturated heterocycles. The van der Waals surface area contributed by atoms with Gasteiger partial charge < -0.3 is 14.7 Å². The Morgan fingerprint density at radius 3 is 3.11 bits per heavy atom. The summed E-state index contributed by atoms with van der Waals surface area (Å²) in [6.07, 6.45) is 0. The molecule has 0 radical (unpaired) electrons. The lowest BCUT2D eigenvalue weighted by atomic mass is 10.1. The van der Waals surface area contributed by atoms with Gasteiger partial charge in [-0.3, -0.25) is 0 Å². The van der Waals surface area contributed by atoms with E-state index in [2.05, 4.69) is 17.9 Å². The fraction of sp³-hybridized carbons (Fsp3) is 0.500. The first-order chi connectivity index (χ1) is 9.31. The van der Waals surface area contributed by atoms with Gasteiger partial charge >= 0.3 is 0 Å². The third-order valence-electron chi connectivity index (χ3n) is 3.16. The molecule has 1 aromatic rings. The Bertz CT molecular complexity index is 473. The average Bonchev–Trinajstić information content (AvgIpc) is 2.47. The summed E-state index contributed by atoms with van der Waals surface area (Å²) < 4.78 is 5.39. The van der Waals surface area contributed by atoms with Crippen LogP contribution in [0.2, 0.25) is 0 Å². The van der Waals surface area contributed by atoms with Crippen LogP contribution in [0.25, 0.3) is 0 Å². The van der Waals surface area contributed by atoms with E-state index in [-0.39, 0.29) is 12.6 Å². The molecule has 5 heteroatoms. The van der Waals surface area contributed by atoms with Crippen molar-refractivity contribution in [3.63, 3.8) is 0 Å². The fourth-order valence-corrected chi connectivity index (χ4v) is 3.05. The Kier molecular flexibility index (Phi) is 5.08. The van der Waals surface area contributed by atoms with Crippen molar-refractivity contribution in [1.82, 2.24) is 0 Å². The van der Waals surface area contributed by atoms with Gasteiger partial charge in [0.25, 0.3) is 0 Å². The number of rotatable bonds is 4. The highest BCUT2D eigenvalue weighted by Gasteiger charge is 2.25. The molecule has 1 aliphatic rings. The second-order valence-corrected chi connectivity index (χ2v) is 5.61. The van der Waals surface area contributed by atoms with Crippen molar-refractivity contribution < 1.29 is 9.84 Å². The van der Waals surface area contributed by atoms with Gasteiger partial charge in [-0.1, -0.05) is 13.0 Å². The van der Waals surface area contributed by atoms with E-state index in [1.807, 2.05) is 18.2 Å². The van der Waals surface area contributed by atoms with Crippen LogP contribution in [-0.2, 0) is 4.74 Å². The molecule has 19 heavy (non-hydrogen) atoms. The number of hydrogen-bond acceptors (Lipinski definition) is 5. The quantitative estimate of drug-likeness (QED) is 0.852. The zero-order valence-corrected chi connectivity index (χ0v) is 11.8. The highest BCUT2D eigenvalue weighted by Crippen LogP contribution is 2.31. The zero-order valence-electron chi connectivity index (χ0n) is 11.0. The second-order valence-electron chi connectivity index (χ2n) is 4.30. The van der Waals surface area contributed by atoms with Crippen LogP contribution < -0.4 is 4.90 Å². The lowest BCUT2D eigenvalue weighted by Crippen LogP contribution is -2.48. The number of thioether (sulfide) groups is 1. The molecule has 0 amide bonds. The van der Waals surface area contributed by atoms with Crippen LogP contribution >= 0.6 is 11.8 Å². The maximum Gasteiger partial charge on any atom is 0.103 e. The molecule has 1 aromatic carbocycles. The predicted molar refractivity (Wildman–Crippen MR) is 76.6 cm³/mol. The maximum atomic E-state index is 9.45. The van der Waals surface area contributed by atoms with Crippen molar-refractivity contribution in [1.29, 1.82) is 5.26 Å². The third-order valence-corrected chi connectivity index (χ3v) is 4.10. The fourth-order valence-electron chi connectivity index (χ4n) is 2.27. The summed E-state index contributed by atoms with van der Waals surface area (Å²) in [6.45, 7) is 3.96. The Hall–Kier alpha value is -1.22. The molecule has 0 spiro atoms. The smallest absolute Gasteiger partial charge is 0.103 e. The minimum absolute atomic E-state index is 0.0377. The second kappa shape index (κ2) is 6.80. The number of ether oxygens (including phenoxy) is 1. The highest BCUT2D eigenvalue weighted by atomic mass is 32.2. The number of morpholine rings is 1. The summed E-state index contributed by atoms with van der Waals surface area (Å²) >= 11 is 1.67. The van der Waals surface area contributed by atoms with Gasteiger partial charge in [0.05, 0.1) is 37.1 Å².